The lowest BCUT2D eigenvalue weighted by atomic mass is 10.3. The number of sulfone groups is 1. The fourth-order valence-electron chi connectivity index (χ4n) is 3.11. The summed E-state index contributed by atoms with van der Waals surface area (Å²) in [4.78, 5) is 9.68. The van der Waals surface area contributed by atoms with Gasteiger partial charge in [0.15, 0.2) is 15.8 Å². The van der Waals surface area contributed by atoms with E-state index >= 15 is 0 Å². The smallest absolute Gasteiger partial charge is 0.194 e. The third-order valence-corrected chi connectivity index (χ3v) is 6.66. The molecule has 0 aliphatic carbocycles. The average molecular weight is 565 g/mol. The number of thiophene rings is 1. The second-order valence-electron chi connectivity index (χ2n) is 6.75. The molecule has 0 saturated carbocycles. The predicted molar refractivity (Wildman–Crippen MR) is 135 cm³/mol. The van der Waals surface area contributed by atoms with Crippen molar-refractivity contribution in [2.24, 2.45) is 4.99 Å². The molecule has 0 radical (unpaired) electrons. The highest BCUT2D eigenvalue weighted by Gasteiger charge is 2.20. The second kappa shape index (κ2) is 11.8. The molecule has 7 nitrogen and oxygen atoms in total. The van der Waals surface area contributed by atoms with Gasteiger partial charge in [-0.2, -0.15) is 0 Å². The van der Waals surface area contributed by atoms with Gasteiger partial charge in [-0.05, 0) is 48.7 Å². The van der Waals surface area contributed by atoms with Crippen molar-refractivity contribution >= 4 is 56.1 Å². The highest BCUT2D eigenvalue weighted by atomic mass is 127. The molecule has 1 saturated heterocycles. The highest BCUT2D eigenvalue weighted by molar-refractivity contribution is 14.0. The molecule has 0 spiro atoms. The molecule has 1 aliphatic rings. The van der Waals surface area contributed by atoms with Crippen molar-refractivity contribution < 1.29 is 13.2 Å². The van der Waals surface area contributed by atoms with E-state index in [1.165, 1.54) is 11.3 Å². The summed E-state index contributed by atoms with van der Waals surface area (Å²) in [7, 11) is -3.19. The Kier molecular flexibility index (Phi) is 9.69. The third kappa shape index (κ3) is 7.02. The van der Waals surface area contributed by atoms with Crippen LogP contribution in [0.5, 0.6) is 5.75 Å². The maximum atomic E-state index is 11.5. The molecule has 1 fully saturated rings. The SMILES string of the molecule is CCNC(=NCCOc1ccc(S(C)(=O)=O)cc1)N1CCN(c2cccs2)CC1.I. The number of nitrogens with one attached hydrogen (secondary N) is 1. The van der Waals surface area contributed by atoms with Gasteiger partial charge in [-0.3, -0.25) is 0 Å². The topological polar surface area (TPSA) is 74.2 Å². The minimum atomic E-state index is -3.19. The van der Waals surface area contributed by atoms with Gasteiger partial charge in [0.2, 0.25) is 0 Å². The van der Waals surface area contributed by atoms with Crippen LogP contribution in [0, 0.1) is 0 Å². The largest absolute Gasteiger partial charge is 0.492 e. The van der Waals surface area contributed by atoms with E-state index in [4.69, 9.17) is 9.73 Å². The van der Waals surface area contributed by atoms with Crippen LogP contribution in [-0.2, 0) is 9.84 Å². The van der Waals surface area contributed by atoms with Crippen LogP contribution in [0.1, 0.15) is 6.92 Å². The first-order valence-electron chi connectivity index (χ1n) is 9.72. The van der Waals surface area contributed by atoms with Crippen LogP contribution in [0.2, 0.25) is 0 Å². The standard InChI is InChI=1S/C20H28N4O3S2.HI/c1-3-21-20(24-13-11-23(12-14-24)19-5-4-16-28-19)22-10-15-27-17-6-8-18(9-7-17)29(2,25)26;/h4-9,16H,3,10-15H2,1-2H3,(H,21,22);1H. The Morgan fingerprint density at radius 2 is 1.87 bits per heavy atom. The van der Waals surface area contributed by atoms with Gasteiger partial charge in [0.25, 0.3) is 0 Å². The van der Waals surface area contributed by atoms with Crippen LogP contribution in [0.25, 0.3) is 0 Å². The number of halogens is 1. The molecule has 0 atom stereocenters. The lowest BCUT2D eigenvalue weighted by Crippen LogP contribution is -2.52. The number of hydrogen-bond acceptors (Lipinski definition) is 6. The van der Waals surface area contributed by atoms with Crippen molar-refractivity contribution in [3.8, 4) is 5.75 Å². The molecule has 10 heteroatoms. The number of anilines is 1. The van der Waals surface area contributed by atoms with Crippen molar-refractivity contribution in [3.63, 3.8) is 0 Å². The summed E-state index contributed by atoms with van der Waals surface area (Å²) < 4.78 is 28.7. The molecule has 166 valence electrons. The average Bonchev–Trinajstić information content (AvgIpc) is 3.25. The van der Waals surface area contributed by atoms with E-state index in [0.717, 1.165) is 38.7 Å². The molecule has 2 aromatic rings. The highest BCUT2D eigenvalue weighted by Crippen LogP contribution is 2.22. The Morgan fingerprint density at radius 3 is 2.43 bits per heavy atom. The zero-order chi connectivity index (χ0) is 20.7. The summed E-state index contributed by atoms with van der Waals surface area (Å²) in [5.41, 5.74) is 0. The summed E-state index contributed by atoms with van der Waals surface area (Å²) >= 11 is 1.78. The minimum Gasteiger partial charge on any atom is -0.492 e. The van der Waals surface area contributed by atoms with Crippen LogP contribution in [0.4, 0.5) is 5.00 Å². The summed E-state index contributed by atoms with van der Waals surface area (Å²) in [6, 6.07) is 10.7. The quantitative estimate of drug-likeness (QED) is 0.241. The number of hydrogen-bond donors (Lipinski definition) is 1. The molecular weight excluding hydrogens is 535 g/mol. The first-order chi connectivity index (χ1) is 14.0. The lowest BCUT2D eigenvalue weighted by molar-refractivity contribution is 0.325. The van der Waals surface area contributed by atoms with Gasteiger partial charge < -0.3 is 19.9 Å². The Morgan fingerprint density at radius 1 is 1.17 bits per heavy atom. The van der Waals surface area contributed by atoms with Gasteiger partial charge in [-0.1, -0.05) is 0 Å². The molecule has 0 unspecified atom stereocenters. The Bertz CT molecular complexity index is 895. The maximum absolute atomic E-state index is 11.5. The van der Waals surface area contributed by atoms with Crippen LogP contribution in [0.15, 0.2) is 51.7 Å². The molecule has 3 rings (SSSR count). The van der Waals surface area contributed by atoms with Gasteiger partial charge >= 0.3 is 0 Å². The number of benzene rings is 1. The Labute approximate surface area is 200 Å². The van der Waals surface area contributed by atoms with Gasteiger partial charge in [0.05, 0.1) is 16.4 Å². The van der Waals surface area contributed by atoms with Gasteiger partial charge in [-0.15, -0.1) is 35.3 Å². The number of piperazine rings is 1. The first-order valence-corrected chi connectivity index (χ1v) is 12.5. The molecule has 2 heterocycles. The molecule has 1 aliphatic heterocycles. The maximum Gasteiger partial charge on any atom is 0.194 e. The number of ether oxygens (including phenoxy) is 1. The molecule has 0 bridgehead atoms. The predicted octanol–water partition coefficient (Wildman–Crippen LogP) is 2.94. The molecule has 30 heavy (non-hydrogen) atoms. The second-order valence-corrected chi connectivity index (χ2v) is 9.69. The normalized spacial score (nSPS) is 14.9. The van der Waals surface area contributed by atoms with E-state index in [1.54, 1.807) is 35.6 Å². The summed E-state index contributed by atoms with van der Waals surface area (Å²) in [5.74, 6) is 1.55. The molecule has 1 N–H and O–H groups in total. The van der Waals surface area contributed by atoms with Crippen molar-refractivity contribution in [2.45, 2.75) is 11.8 Å². The fraction of sp³-hybridized carbons (Fsp3) is 0.450. The number of guanidine groups is 1. The van der Waals surface area contributed by atoms with Crippen LogP contribution >= 0.6 is 35.3 Å². The van der Waals surface area contributed by atoms with Gasteiger partial charge in [0.1, 0.15) is 12.4 Å². The van der Waals surface area contributed by atoms with E-state index in [1.807, 2.05) is 0 Å². The fourth-order valence-corrected chi connectivity index (χ4v) is 4.53. The summed E-state index contributed by atoms with van der Waals surface area (Å²) in [5, 5.41) is 6.80. The molecule has 1 aromatic carbocycles. The van der Waals surface area contributed by atoms with E-state index in [2.05, 4.69) is 39.6 Å². The van der Waals surface area contributed by atoms with Crippen molar-refractivity contribution in [1.29, 1.82) is 0 Å². The van der Waals surface area contributed by atoms with Crippen molar-refractivity contribution in [2.75, 3.05) is 57.0 Å². The van der Waals surface area contributed by atoms with Crippen LogP contribution in [-0.4, -0.2) is 71.4 Å². The van der Waals surface area contributed by atoms with E-state index in [-0.39, 0.29) is 24.0 Å². The Balaban J connectivity index is 0.00000320. The zero-order valence-corrected chi connectivity index (χ0v) is 21.2. The monoisotopic (exact) mass is 564 g/mol. The van der Waals surface area contributed by atoms with Crippen molar-refractivity contribution in [3.05, 3.63) is 41.8 Å². The first kappa shape index (κ1) is 24.7. The Hall–Kier alpha value is -1.53. The van der Waals surface area contributed by atoms with E-state index in [0.29, 0.717) is 23.8 Å². The number of nitrogens with zero attached hydrogens (tertiary/aromatic N) is 3. The molecular formula is C20H29IN4O3S2. The van der Waals surface area contributed by atoms with Gasteiger partial charge in [-0.25, -0.2) is 13.4 Å². The number of rotatable bonds is 7. The van der Waals surface area contributed by atoms with Crippen LogP contribution in [0.3, 0.4) is 0 Å². The lowest BCUT2D eigenvalue weighted by Gasteiger charge is -2.37. The summed E-state index contributed by atoms with van der Waals surface area (Å²) in [6.07, 6.45) is 1.19. The van der Waals surface area contributed by atoms with E-state index in [9.17, 15) is 8.42 Å². The summed E-state index contributed by atoms with van der Waals surface area (Å²) in [6.45, 7) is 7.66. The number of aliphatic imine (C=N–C) groups is 1. The van der Waals surface area contributed by atoms with E-state index < -0.39 is 9.84 Å². The molecule has 0 amide bonds. The van der Waals surface area contributed by atoms with Gasteiger partial charge in [0, 0.05) is 39.0 Å². The minimum absolute atomic E-state index is 0. The zero-order valence-electron chi connectivity index (χ0n) is 17.3. The molecule has 1 aromatic heterocycles. The third-order valence-electron chi connectivity index (χ3n) is 4.61. The van der Waals surface area contributed by atoms with Crippen molar-refractivity contribution in [1.82, 2.24) is 10.2 Å². The van der Waals surface area contributed by atoms with Crippen LogP contribution < -0.4 is 15.0 Å².